The fraction of sp³-hybridized carbons (Fsp3) is 0.267. The van der Waals surface area contributed by atoms with E-state index in [1.54, 1.807) is 30.2 Å². The van der Waals surface area contributed by atoms with Crippen LogP contribution in [0.5, 0.6) is 17.2 Å². The Morgan fingerprint density at radius 1 is 0.921 bits per heavy atom. The minimum Gasteiger partial charge on any atom is -0.497 e. The van der Waals surface area contributed by atoms with Crippen LogP contribution in [0.15, 0.2) is 75.9 Å². The highest BCUT2D eigenvalue weighted by molar-refractivity contribution is 5.99. The summed E-state index contributed by atoms with van der Waals surface area (Å²) in [5, 5.41) is 0.395. The summed E-state index contributed by atoms with van der Waals surface area (Å²) in [5.41, 5.74) is 2.17. The number of hydrogen-bond acceptors (Lipinski definition) is 7. The number of methoxy groups -OCH3 is 2. The second-order valence-electron chi connectivity index (χ2n) is 9.43. The van der Waals surface area contributed by atoms with Crippen molar-refractivity contribution in [3.8, 4) is 17.2 Å². The lowest BCUT2D eigenvalue weighted by Crippen LogP contribution is -2.35. The van der Waals surface area contributed by atoms with Gasteiger partial charge in [-0.3, -0.25) is 9.59 Å². The number of fused-ring (bicyclic) bond motifs is 2. The molecule has 1 atom stereocenters. The zero-order chi connectivity index (χ0) is 26.8. The number of likely N-dealkylation sites (N-methyl/N-ethyl adjacent to an activating group) is 1. The zero-order valence-corrected chi connectivity index (χ0v) is 21.9. The first-order valence-electron chi connectivity index (χ1n) is 12.4. The molecule has 0 spiro atoms. The highest BCUT2D eigenvalue weighted by Gasteiger charge is 2.42. The molecular weight excluding hydrogens is 484 g/mol. The van der Waals surface area contributed by atoms with Crippen molar-refractivity contribution in [1.82, 2.24) is 9.80 Å². The van der Waals surface area contributed by atoms with Gasteiger partial charge in [-0.05, 0) is 49.5 Å². The van der Waals surface area contributed by atoms with Crippen molar-refractivity contribution in [3.05, 3.63) is 99.4 Å². The number of carbonyl (C=O) groups excluding carboxylic acids is 1. The molecule has 0 radical (unpaired) electrons. The van der Waals surface area contributed by atoms with Gasteiger partial charge in [-0.1, -0.05) is 36.4 Å². The SMILES string of the molecule is COc1ccc2c(=O)c3c(oc2c1)C(=O)N(CCN(C)C)C3c1ccc(OCc2ccccc2)c(OC)c1. The molecule has 0 saturated carbocycles. The zero-order valence-electron chi connectivity index (χ0n) is 21.9. The number of benzene rings is 3. The smallest absolute Gasteiger partial charge is 0.290 e. The van der Waals surface area contributed by atoms with Crippen LogP contribution in [0.1, 0.15) is 33.3 Å². The van der Waals surface area contributed by atoms with Crippen molar-refractivity contribution in [1.29, 1.82) is 0 Å². The van der Waals surface area contributed by atoms with Crippen LogP contribution >= 0.6 is 0 Å². The molecule has 1 unspecified atom stereocenters. The molecule has 1 aromatic heterocycles. The van der Waals surface area contributed by atoms with Crippen LogP contribution in [0.3, 0.4) is 0 Å². The number of carbonyl (C=O) groups is 1. The summed E-state index contributed by atoms with van der Waals surface area (Å²) in [5.74, 6) is 1.37. The van der Waals surface area contributed by atoms with Gasteiger partial charge in [-0.25, -0.2) is 0 Å². The number of amides is 1. The van der Waals surface area contributed by atoms with Crippen LogP contribution < -0.4 is 19.6 Å². The molecule has 1 aliphatic heterocycles. The first-order valence-corrected chi connectivity index (χ1v) is 12.4. The lowest BCUT2D eigenvalue weighted by Gasteiger charge is -2.27. The standard InChI is InChI=1S/C30H30N2O6/c1-31(2)14-15-32-27(20-10-13-23(25(16-20)36-4)37-18-19-8-6-5-7-9-19)26-28(33)22-12-11-21(35-3)17-24(22)38-29(26)30(32)34/h5-13,16-17,27H,14-15,18H2,1-4H3. The van der Waals surface area contributed by atoms with Crippen molar-refractivity contribution >= 4 is 16.9 Å². The molecule has 0 N–H and O–H groups in total. The molecule has 2 heterocycles. The summed E-state index contributed by atoms with van der Waals surface area (Å²) >= 11 is 0. The van der Waals surface area contributed by atoms with E-state index in [2.05, 4.69) is 0 Å². The average Bonchev–Trinajstić information content (AvgIpc) is 3.22. The molecule has 8 heteroatoms. The fourth-order valence-electron chi connectivity index (χ4n) is 4.72. The van der Waals surface area contributed by atoms with Crippen molar-refractivity contribution in [3.63, 3.8) is 0 Å². The van der Waals surface area contributed by atoms with Crippen LogP contribution in [0, 0.1) is 0 Å². The van der Waals surface area contributed by atoms with E-state index in [0.29, 0.717) is 53.5 Å². The van der Waals surface area contributed by atoms with E-state index in [1.807, 2.05) is 67.5 Å². The van der Waals surface area contributed by atoms with E-state index in [-0.39, 0.29) is 17.1 Å². The van der Waals surface area contributed by atoms with Crippen LogP contribution in [0.2, 0.25) is 0 Å². The summed E-state index contributed by atoms with van der Waals surface area (Å²) in [6.45, 7) is 1.41. The first kappa shape index (κ1) is 25.4. The Kier molecular flexibility index (Phi) is 7.07. The summed E-state index contributed by atoms with van der Waals surface area (Å²) in [6.07, 6.45) is 0. The van der Waals surface area contributed by atoms with Crippen LogP contribution in [0.25, 0.3) is 11.0 Å². The molecule has 1 aliphatic rings. The van der Waals surface area contributed by atoms with E-state index < -0.39 is 6.04 Å². The van der Waals surface area contributed by atoms with Crippen molar-refractivity contribution in [2.45, 2.75) is 12.6 Å². The molecule has 0 bridgehead atoms. The minimum absolute atomic E-state index is 0.0582. The number of ether oxygens (including phenoxy) is 3. The Hall–Kier alpha value is -4.30. The summed E-state index contributed by atoms with van der Waals surface area (Å²) in [4.78, 5) is 31.1. The Labute approximate surface area is 220 Å². The monoisotopic (exact) mass is 514 g/mol. The molecule has 0 aliphatic carbocycles. The summed E-state index contributed by atoms with van der Waals surface area (Å²) < 4.78 is 23.0. The molecule has 0 saturated heterocycles. The molecule has 3 aromatic carbocycles. The van der Waals surface area contributed by atoms with Crippen LogP contribution in [-0.2, 0) is 6.61 Å². The van der Waals surface area contributed by atoms with Crippen molar-refractivity contribution < 1.29 is 23.4 Å². The van der Waals surface area contributed by atoms with Gasteiger partial charge in [0.05, 0.1) is 31.2 Å². The van der Waals surface area contributed by atoms with Crippen molar-refractivity contribution in [2.24, 2.45) is 0 Å². The lowest BCUT2D eigenvalue weighted by molar-refractivity contribution is 0.0716. The van der Waals surface area contributed by atoms with Gasteiger partial charge in [0.25, 0.3) is 5.91 Å². The largest absolute Gasteiger partial charge is 0.497 e. The Bertz CT molecular complexity index is 1530. The van der Waals surface area contributed by atoms with Gasteiger partial charge in [0.1, 0.15) is 17.9 Å². The van der Waals surface area contributed by atoms with E-state index in [4.69, 9.17) is 18.6 Å². The average molecular weight is 515 g/mol. The maximum Gasteiger partial charge on any atom is 0.290 e. The lowest BCUT2D eigenvalue weighted by atomic mass is 9.98. The van der Waals surface area contributed by atoms with Crippen molar-refractivity contribution in [2.75, 3.05) is 41.4 Å². The maximum atomic E-state index is 13.8. The van der Waals surface area contributed by atoms with Gasteiger partial charge in [-0.15, -0.1) is 0 Å². The second kappa shape index (κ2) is 10.6. The number of hydrogen-bond donors (Lipinski definition) is 0. The second-order valence-corrected chi connectivity index (χ2v) is 9.43. The molecular formula is C30H30N2O6. The predicted octanol–water partition coefficient (Wildman–Crippen LogP) is 4.50. The normalized spacial score (nSPS) is 14.7. The third-order valence-corrected chi connectivity index (χ3v) is 6.70. The molecule has 0 fully saturated rings. The highest BCUT2D eigenvalue weighted by Crippen LogP contribution is 2.41. The molecule has 4 aromatic rings. The fourth-order valence-corrected chi connectivity index (χ4v) is 4.72. The Balaban J connectivity index is 1.58. The number of rotatable bonds is 9. The summed E-state index contributed by atoms with van der Waals surface area (Å²) in [7, 11) is 6.99. The van der Waals surface area contributed by atoms with Gasteiger partial charge < -0.3 is 28.4 Å². The van der Waals surface area contributed by atoms with E-state index in [9.17, 15) is 9.59 Å². The molecule has 5 rings (SSSR count). The van der Waals surface area contributed by atoms with Gasteiger partial charge in [0.15, 0.2) is 16.9 Å². The molecule has 38 heavy (non-hydrogen) atoms. The summed E-state index contributed by atoms with van der Waals surface area (Å²) in [6, 6.07) is 19.8. The molecule has 1 amide bonds. The third-order valence-electron chi connectivity index (χ3n) is 6.70. The topological polar surface area (TPSA) is 81.5 Å². The van der Waals surface area contributed by atoms with Gasteiger partial charge >= 0.3 is 0 Å². The highest BCUT2D eigenvalue weighted by atomic mass is 16.5. The first-order chi connectivity index (χ1) is 18.4. The Morgan fingerprint density at radius 2 is 1.71 bits per heavy atom. The van der Waals surface area contributed by atoms with E-state index >= 15 is 0 Å². The maximum absolute atomic E-state index is 13.8. The molecule has 8 nitrogen and oxygen atoms in total. The van der Waals surface area contributed by atoms with Gasteiger partial charge in [0, 0.05) is 19.2 Å². The molecule has 196 valence electrons. The van der Waals surface area contributed by atoms with Gasteiger partial charge in [0.2, 0.25) is 5.76 Å². The van der Waals surface area contributed by atoms with Gasteiger partial charge in [-0.2, -0.15) is 0 Å². The quantitative estimate of drug-likeness (QED) is 0.325. The van der Waals surface area contributed by atoms with E-state index in [0.717, 1.165) is 11.1 Å². The van der Waals surface area contributed by atoms with E-state index in [1.165, 1.54) is 7.11 Å². The van der Waals surface area contributed by atoms with Crippen LogP contribution in [-0.4, -0.2) is 57.1 Å². The van der Waals surface area contributed by atoms with Crippen LogP contribution in [0.4, 0.5) is 0 Å². The number of nitrogens with zero attached hydrogens (tertiary/aromatic N) is 2. The predicted molar refractivity (Wildman–Crippen MR) is 144 cm³/mol. The Morgan fingerprint density at radius 3 is 2.42 bits per heavy atom. The minimum atomic E-state index is -0.628. The third kappa shape index (κ3) is 4.70.